The molecule has 0 radical (unpaired) electrons. The van der Waals surface area contributed by atoms with Gasteiger partial charge >= 0.3 is 5.97 Å². The van der Waals surface area contributed by atoms with Crippen molar-refractivity contribution >= 4 is 68.7 Å². The van der Waals surface area contributed by atoms with Crippen LogP contribution in [0.25, 0.3) is 0 Å². The maximum atomic E-state index is 13.6. The van der Waals surface area contributed by atoms with E-state index in [0.717, 1.165) is 9.80 Å². The molecule has 10 nitrogen and oxygen atoms in total. The second-order valence-corrected chi connectivity index (χ2v) is 11.5. The second-order valence-electron chi connectivity index (χ2n) is 9.77. The van der Waals surface area contributed by atoms with Crippen LogP contribution in [0.1, 0.15) is 43.1 Å². The van der Waals surface area contributed by atoms with Crippen molar-refractivity contribution in [3.8, 4) is 0 Å². The van der Waals surface area contributed by atoms with Crippen molar-refractivity contribution in [1.29, 1.82) is 0 Å². The fourth-order valence-corrected chi connectivity index (χ4v) is 7.78. The average molecular weight is 618 g/mol. The van der Waals surface area contributed by atoms with Crippen molar-refractivity contribution in [2.75, 3.05) is 12.0 Å². The van der Waals surface area contributed by atoms with Gasteiger partial charge in [0.05, 0.1) is 23.2 Å². The number of carboxylic acid groups (broad SMARTS) is 1. The monoisotopic (exact) mass is 616 g/mol. The first-order chi connectivity index (χ1) is 17.5. The molecule has 0 bridgehead atoms. The number of amides is 4. The molecular formula is C24H23BrCl2N2O8. The lowest BCUT2D eigenvalue weighted by Gasteiger charge is -2.49. The highest BCUT2D eigenvalue weighted by atomic mass is 79.9. The number of alkyl halides is 3. The predicted molar refractivity (Wildman–Crippen MR) is 132 cm³/mol. The third kappa shape index (κ3) is 3.57. The van der Waals surface area contributed by atoms with Crippen LogP contribution in [-0.4, -0.2) is 71.4 Å². The van der Waals surface area contributed by atoms with Crippen LogP contribution in [0.5, 0.6) is 0 Å². The second kappa shape index (κ2) is 9.21. The molecule has 3 fully saturated rings. The van der Waals surface area contributed by atoms with E-state index in [9.17, 15) is 29.1 Å². The van der Waals surface area contributed by atoms with Gasteiger partial charge in [0.15, 0.2) is 9.75 Å². The van der Waals surface area contributed by atoms with Crippen LogP contribution in [0.15, 0.2) is 28.2 Å². The number of aliphatic hydroxyl groups is 1. The van der Waals surface area contributed by atoms with Crippen LogP contribution in [0.4, 0.5) is 0 Å². The normalized spacial score (nSPS) is 35.0. The van der Waals surface area contributed by atoms with E-state index in [1.54, 1.807) is 12.1 Å². The van der Waals surface area contributed by atoms with E-state index < -0.39 is 69.6 Å². The molecular weight excluding hydrogens is 595 g/mol. The van der Waals surface area contributed by atoms with E-state index in [1.165, 1.54) is 6.07 Å². The van der Waals surface area contributed by atoms with Crippen LogP contribution in [-0.2, 0) is 30.6 Å². The SMILES string of the molecule is O=C(O)CCCN1C(=O)[C@H]2[C@H](CC=C3[C@H]2C[C@@]2(Cl)C(=O)N(CBr)C(=O)[C@@]2(Cl)[C@H]3c2ccc(CO)o2)C1=O. The lowest BCUT2D eigenvalue weighted by atomic mass is 9.57. The summed E-state index contributed by atoms with van der Waals surface area (Å²) < 4.78 is 5.80. The fourth-order valence-electron chi connectivity index (χ4n) is 6.37. The molecule has 0 unspecified atom stereocenters. The molecule has 5 rings (SSSR count). The summed E-state index contributed by atoms with van der Waals surface area (Å²) in [6.45, 7) is -0.430. The molecule has 1 aromatic heterocycles. The Morgan fingerprint density at radius 3 is 2.46 bits per heavy atom. The molecule has 2 saturated heterocycles. The first kappa shape index (κ1) is 26.4. The maximum Gasteiger partial charge on any atom is 0.303 e. The first-order valence-electron chi connectivity index (χ1n) is 11.8. The summed E-state index contributed by atoms with van der Waals surface area (Å²) in [6, 6.07) is 3.08. The van der Waals surface area contributed by atoms with Gasteiger partial charge in [-0.25, -0.2) is 0 Å². The smallest absolute Gasteiger partial charge is 0.303 e. The van der Waals surface area contributed by atoms with Gasteiger partial charge in [-0.3, -0.25) is 33.8 Å². The molecule has 198 valence electrons. The number of hydrogen-bond donors (Lipinski definition) is 2. The summed E-state index contributed by atoms with van der Waals surface area (Å²) in [4.78, 5) is 62.8. The van der Waals surface area contributed by atoms with Crippen LogP contribution in [0, 0.1) is 17.8 Å². The van der Waals surface area contributed by atoms with E-state index in [4.69, 9.17) is 32.7 Å². The molecule has 4 amide bonds. The Kier molecular flexibility index (Phi) is 6.57. The third-order valence-electron chi connectivity index (χ3n) is 8.00. The highest BCUT2D eigenvalue weighted by Gasteiger charge is 2.76. The standard InChI is InChI=1S/C24H23BrCl2N2O8/c25-10-29-21(35)23(26)8-14-12(18(24(23,27)22(29)36)15-6-3-11(9-30)37-15)4-5-13-17(14)20(34)28(19(13)33)7-1-2-16(31)32/h3-4,6,13-14,17-18,30H,1-2,5,7-10H2,(H,31,32)/t13-,14+,17-,18+,23+,24-/m0/s1. The van der Waals surface area contributed by atoms with E-state index in [0.29, 0.717) is 5.57 Å². The molecule has 4 aliphatic rings. The summed E-state index contributed by atoms with van der Waals surface area (Å²) in [5.74, 6) is -6.12. The van der Waals surface area contributed by atoms with Crippen LogP contribution in [0.3, 0.4) is 0 Å². The highest BCUT2D eigenvalue weighted by molar-refractivity contribution is 9.09. The molecule has 1 aromatic rings. The first-order valence-corrected chi connectivity index (χ1v) is 13.7. The number of carbonyl (C=O) groups is 5. The van der Waals surface area contributed by atoms with Crippen molar-refractivity contribution in [3.05, 3.63) is 35.3 Å². The van der Waals surface area contributed by atoms with E-state index in [1.807, 2.05) is 0 Å². The van der Waals surface area contributed by atoms with Crippen molar-refractivity contribution in [2.45, 2.75) is 48.0 Å². The number of nitrogens with zero attached hydrogens (tertiary/aromatic N) is 2. The minimum Gasteiger partial charge on any atom is -0.481 e. The quantitative estimate of drug-likeness (QED) is 0.205. The van der Waals surface area contributed by atoms with E-state index in [-0.39, 0.29) is 49.2 Å². The van der Waals surface area contributed by atoms with E-state index in [2.05, 4.69) is 15.9 Å². The van der Waals surface area contributed by atoms with Gasteiger partial charge in [0.1, 0.15) is 18.1 Å². The van der Waals surface area contributed by atoms with Gasteiger partial charge in [0, 0.05) is 13.0 Å². The van der Waals surface area contributed by atoms with Crippen molar-refractivity contribution < 1.29 is 38.6 Å². The fraction of sp³-hybridized carbons (Fsp3) is 0.542. The highest BCUT2D eigenvalue weighted by Crippen LogP contribution is 2.65. The number of carbonyl (C=O) groups excluding carboxylic acids is 4. The number of allylic oxidation sites excluding steroid dienone is 2. The van der Waals surface area contributed by atoms with Crippen molar-refractivity contribution in [2.24, 2.45) is 17.8 Å². The van der Waals surface area contributed by atoms with Gasteiger partial charge in [0.2, 0.25) is 11.8 Å². The number of imide groups is 2. The van der Waals surface area contributed by atoms with Gasteiger partial charge in [-0.05, 0) is 37.3 Å². The predicted octanol–water partition coefficient (Wildman–Crippen LogP) is 2.35. The number of fused-ring (bicyclic) bond motifs is 4. The minimum absolute atomic E-state index is 0.0270. The van der Waals surface area contributed by atoms with Gasteiger partial charge in [-0.1, -0.05) is 27.6 Å². The lowest BCUT2D eigenvalue weighted by Crippen LogP contribution is -2.60. The zero-order valence-electron chi connectivity index (χ0n) is 19.4. The Morgan fingerprint density at radius 2 is 1.84 bits per heavy atom. The molecule has 2 N–H and O–H groups in total. The maximum absolute atomic E-state index is 13.6. The molecule has 0 spiro atoms. The number of rotatable bonds is 7. The number of halogens is 3. The summed E-state index contributed by atoms with van der Waals surface area (Å²) in [7, 11) is 0. The molecule has 2 aliphatic heterocycles. The third-order valence-corrected chi connectivity index (χ3v) is 9.92. The molecule has 0 aromatic carbocycles. The van der Waals surface area contributed by atoms with Crippen LogP contribution < -0.4 is 0 Å². The van der Waals surface area contributed by atoms with Crippen LogP contribution in [0.2, 0.25) is 0 Å². The Balaban J connectivity index is 1.60. The van der Waals surface area contributed by atoms with E-state index >= 15 is 0 Å². The Morgan fingerprint density at radius 1 is 1.11 bits per heavy atom. The lowest BCUT2D eigenvalue weighted by molar-refractivity contribution is -0.142. The summed E-state index contributed by atoms with van der Waals surface area (Å²) in [5.41, 5.74) is 0.447. The molecule has 6 atom stereocenters. The summed E-state index contributed by atoms with van der Waals surface area (Å²) in [6.07, 6.45) is 1.76. The zero-order chi connectivity index (χ0) is 26.9. The Labute approximate surface area is 229 Å². The molecule has 2 aliphatic carbocycles. The van der Waals surface area contributed by atoms with Crippen molar-refractivity contribution in [1.82, 2.24) is 9.80 Å². The minimum atomic E-state index is -1.97. The molecule has 13 heteroatoms. The zero-order valence-corrected chi connectivity index (χ0v) is 22.5. The number of hydrogen-bond acceptors (Lipinski definition) is 7. The largest absolute Gasteiger partial charge is 0.481 e. The number of aliphatic hydroxyl groups excluding tert-OH is 1. The summed E-state index contributed by atoms with van der Waals surface area (Å²) in [5, 5.41) is 18.5. The number of furan rings is 1. The number of aliphatic carboxylic acids is 1. The number of carboxylic acids is 1. The van der Waals surface area contributed by atoms with Gasteiger partial charge in [-0.15, -0.1) is 23.2 Å². The molecule has 1 saturated carbocycles. The van der Waals surface area contributed by atoms with Gasteiger partial charge in [0.25, 0.3) is 11.8 Å². The van der Waals surface area contributed by atoms with Crippen molar-refractivity contribution in [3.63, 3.8) is 0 Å². The molecule has 37 heavy (non-hydrogen) atoms. The topological polar surface area (TPSA) is 145 Å². The van der Waals surface area contributed by atoms with Gasteiger partial charge < -0.3 is 14.6 Å². The summed E-state index contributed by atoms with van der Waals surface area (Å²) >= 11 is 17.3. The average Bonchev–Trinajstić information content (AvgIpc) is 3.46. The number of likely N-dealkylation sites (tertiary alicyclic amines) is 2. The van der Waals surface area contributed by atoms with Crippen LogP contribution >= 0.6 is 39.1 Å². The molecule has 3 heterocycles. The van der Waals surface area contributed by atoms with Gasteiger partial charge in [-0.2, -0.15) is 0 Å². The Hall–Kier alpha value is -2.21. The Bertz CT molecular complexity index is 1250.